The Morgan fingerprint density at radius 2 is 1.78 bits per heavy atom. The Hall–Kier alpha value is -1.06. The first-order valence-electron chi connectivity index (χ1n) is 6.78. The molecule has 0 heterocycles. The number of hydrogen-bond acceptors (Lipinski definition) is 3. The molecule has 4 heteroatoms. The van der Waals surface area contributed by atoms with E-state index >= 15 is 0 Å². The van der Waals surface area contributed by atoms with Gasteiger partial charge in [0.15, 0.2) is 0 Å². The Bertz CT molecular complexity index is 286. The van der Waals surface area contributed by atoms with Gasteiger partial charge in [0.05, 0.1) is 17.9 Å². The van der Waals surface area contributed by atoms with Crippen molar-refractivity contribution in [3.8, 4) is 0 Å². The highest BCUT2D eigenvalue weighted by Crippen LogP contribution is 2.43. The van der Waals surface area contributed by atoms with Gasteiger partial charge in [-0.1, -0.05) is 34.1 Å². The predicted octanol–water partition coefficient (Wildman–Crippen LogP) is 3.10. The fourth-order valence-electron chi connectivity index (χ4n) is 2.73. The van der Waals surface area contributed by atoms with Crippen LogP contribution in [0.3, 0.4) is 0 Å². The van der Waals surface area contributed by atoms with Crippen LogP contribution in [-0.4, -0.2) is 23.7 Å². The average molecular weight is 258 g/mol. The number of aliphatic carboxylic acids is 1. The van der Waals surface area contributed by atoms with Crippen molar-refractivity contribution in [3.05, 3.63) is 0 Å². The second kappa shape index (κ2) is 7.39. The van der Waals surface area contributed by atoms with Gasteiger partial charge in [-0.3, -0.25) is 9.59 Å². The number of carboxylic acid groups (broad SMARTS) is 1. The summed E-state index contributed by atoms with van der Waals surface area (Å²) in [6, 6.07) is 0. The Kier molecular flexibility index (Phi) is 6.96. The fraction of sp³-hybridized carbons (Fsp3) is 0.857. The van der Waals surface area contributed by atoms with Crippen molar-refractivity contribution in [1.29, 1.82) is 0 Å². The number of rotatable bonds is 8. The molecule has 0 aliphatic carbocycles. The van der Waals surface area contributed by atoms with Crippen LogP contribution < -0.4 is 0 Å². The first kappa shape index (κ1) is 16.9. The predicted molar refractivity (Wildman–Crippen MR) is 70.2 cm³/mol. The summed E-state index contributed by atoms with van der Waals surface area (Å²) in [5, 5.41) is 9.43. The monoisotopic (exact) mass is 258 g/mol. The molecule has 0 saturated heterocycles. The molecule has 0 bridgehead atoms. The molecular weight excluding hydrogens is 232 g/mol. The van der Waals surface area contributed by atoms with Crippen molar-refractivity contribution >= 4 is 11.9 Å². The summed E-state index contributed by atoms with van der Waals surface area (Å²) in [6.45, 7) is 9.61. The Morgan fingerprint density at radius 3 is 2.06 bits per heavy atom. The molecule has 106 valence electrons. The van der Waals surface area contributed by atoms with Gasteiger partial charge in [-0.05, 0) is 25.7 Å². The van der Waals surface area contributed by atoms with E-state index in [9.17, 15) is 14.7 Å². The van der Waals surface area contributed by atoms with Gasteiger partial charge in [0.2, 0.25) is 0 Å². The van der Waals surface area contributed by atoms with Crippen LogP contribution in [-0.2, 0) is 14.3 Å². The minimum absolute atomic E-state index is 0.0609. The summed E-state index contributed by atoms with van der Waals surface area (Å²) in [5.74, 6) is -2.01. The van der Waals surface area contributed by atoms with Gasteiger partial charge in [0, 0.05) is 0 Å². The Balaban J connectivity index is 5.53. The molecule has 2 unspecified atom stereocenters. The summed E-state index contributed by atoms with van der Waals surface area (Å²) in [5.41, 5.74) is -0.919. The van der Waals surface area contributed by atoms with E-state index in [1.807, 2.05) is 27.7 Å². The quantitative estimate of drug-likeness (QED) is 0.679. The van der Waals surface area contributed by atoms with Crippen molar-refractivity contribution in [2.24, 2.45) is 17.3 Å². The number of ether oxygens (including phenoxy) is 1. The lowest BCUT2D eigenvalue weighted by Crippen LogP contribution is -2.47. The van der Waals surface area contributed by atoms with Gasteiger partial charge >= 0.3 is 11.9 Å². The van der Waals surface area contributed by atoms with E-state index in [0.717, 1.165) is 6.42 Å². The fourth-order valence-corrected chi connectivity index (χ4v) is 2.73. The molecule has 0 aromatic carbocycles. The lowest BCUT2D eigenvalue weighted by Gasteiger charge is -2.39. The number of carbonyl (C=O) groups is 2. The van der Waals surface area contributed by atoms with E-state index in [-0.39, 0.29) is 18.5 Å². The SMILES string of the molecule is CCCC(C(=O)O)C(CC)(C(=O)OCC)C(C)C. The zero-order valence-electron chi connectivity index (χ0n) is 12.2. The van der Waals surface area contributed by atoms with Crippen molar-refractivity contribution in [3.63, 3.8) is 0 Å². The van der Waals surface area contributed by atoms with Gasteiger partial charge in [0.1, 0.15) is 0 Å². The topological polar surface area (TPSA) is 63.6 Å². The molecule has 0 aromatic rings. The molecule has 0 fully saturated rings. The number of hydrogen-bond donors (Lipinski definition) is 1. The van der Waals surface area contributed by atoms with E-state index in [1.54, 1.807) is 6.92 Å². The summed E-state index contributed by atoms with van der Waals surface area (Å²) in [7, 11) is 0. The molecule has 4 nitrogen and oxygen atoms in total. The zero-order chi connectivity index (χ0) is 14.3. The highest BCUT2D eigenvalue weighted by molar-refractivity contribution is 5.85. The smallest absolute Gasteiger partial charge is 0.313 e. The van der Waals surface area contributed by atoms with Crippen LogP contribution in [0.25, 0.3) is 0 Å². The Morgan fingerprint density at radius 1 is 1.22 bits per heavy atom. The van der Waals surface area contributed by atoms with E-state index in [1.165, 1.54) is 0 Å². The second-order valence-electron chi connectivity index (χ2n) is 4.95. The molecule has 0 amide bonds. The van der Waals surface area contributed by atoms with E-state index in [0.29, 0.717) is 12.8 Å². The van der Waals surface area contributed by atoms with Gasteiger partial charge in [-0.15, -0.1) is 0 Å². The lowest BCUT2D eigenvalue weighted by molar-refractivity contribution is -0.172. The van der Waals surface area contributed by atoms with Crippen LogP contribution in [0.5, 0.6) is 0 Å². The van der Waals surface area contributed by atoms with Crippen LogP contribution in [0, 0.1) is 17.3 Å². The Labute approximate surface area is 110 Å². The zero-order valence-corrected chi connectivity index (χ0v) is 12.2. The van der Waals surface area contributed by atoms with Crippen molar-refractivity contribution in [2.75, 3.05) is 6.61 Å². The van der Waals surface area contributed by atoms with Gasteiger partial charge in [0.25, 0.3) is 0 Å². The van der Waals surface area contributed by atoms with Crippen molar-refractivity contribution in [1.82, 2.24) is 0 Å². The molecule has 2 atom stereocenters. The van der Waals surface area contributed by atoms with Crippen LogP contribution in [0.15, 0.2) is 0 Å². The van der Waals surface area contributed by atoms with Gasteiger partial charge in [-0.25, -0.2) is 0 Å². The first-order chi connectivity index (χ1) is 8.38. The van der Waals surface area contributed by atoms with E-state index in [4.69, 9.17) is 4.74 Å². The second-order valence-corrected chi connectivity index (χ2v) is 4.95. The standard InChI is InChI=1S/C14H26O4/c1-6-9-11(12(15)16)14(7-2,10(4)5)13(17)18-8-3/h10-11H,6-9H2,1-5H3,(H,15,16). The minimum atomic E-state index is -0.919. The van der Waals surface area contributed by atoms with E-state index in [2.05, 4.69) is 0 Å². The molecular formula is C14H26O4. The molecule has 0 aliphatic rings. The third-order valence-corrected chi connectivity index (χ3v) is 3.77. The number of carbonyl (C=O) groups excluding carboxylic acids is 1. The van der Waals surface area contributed by atoms with Crippen LogP contribution >= 0.6 is 0 Å². The maximum atomic E-state index is 12.3. The maximum Gasteiger partial charge on any atom is 0.313 e. The highest BCUT2D eigenvalue weighted by Gasteiger charge is 2.50. The summed E-state index contributed by atoms with van der Waals surface area (Å²) < 4.78 is 5.13. The van der Waals surface area contributed by atoms with Crippen LogP contribution in [0.1, 0.15) is 53.9 Å². The molecule has 0 saturated carbocycles. The average Bonchev–Trinajstić information content (AvgIpc) is 2.29. The first-order valence-corrected chi connectivity index (χ1v) is 6.78. The molecule has 18 heavy (non-hydrogen) atoms. The highest BCUT2D eigenvalue weighted by atomic mass is 16.5. The maximum absolute atomic E-state index is 12.3. The van der Waals surface area contributed by atoms with Crippen LogP contribution in [0.2, 0.25) is 0 Å². The minimum Gasteiger partial charge on any atom is -0.481 e. The molecule has 0 aromatic heterocycles. The molecule has 0 aliphatic heterocycles. The summed E-state index contributed by atoms with van der Waals surface area (Å²) >= 11 is 0. The molecule has 0 spiro atoms. The lowest BCUT2D eigenvalue weighted by atomic mass is 9.64. The van der Waals surface area contributed by atoms with Crippen LogP contribution in [0.4, 0.5) is 0 Å². The molecule has 1 N–H and O–H groups in total. The number of esters is 1. The third-order valence-electron chi connectivity index (χ3n) is 3.77. The normalized spacial score (nSPS) is 16.1. The third kappa shape index (κ3) is 3.24. The molecule has 0 rings (SSSR count). The summed E-state index contributed by atoms with van der Waals surface area (Å²) in [4.78, 5) is 23.8. The van der Waals surface area contributed by atoms with Gasteiger partial charge < -0.3 is 9.84 Å². The largest absolute Gasteiger partial charge is 0.481 e. The van der Waals surface area contributed by atoms with E-state index < -0.39 is 17.3 Å². The van der Waals surface area contributed by atoms with Crippen molar-refractivity contribution in [2.45, 2.75) is 53.9 Å². The molecule has 0 radical (unpaired) electrons. The number of carboxylic acids is 1. The summed E-state index contributed by atoms with van der Waals surface area (Å²) in [6.07, 6.45) is 1.73. The van der Waals surface area contributed by atoms with Gasteiger partial charge in [-0.2, -0.15) is 0 Å². The van der Waals surface area contributed by atoms with Crippen molar-refractivity contribution < 1.29 is 19.4 Å².